The zero-order chi connectivity index (χ0) is 22.3. The number of carbonyl (C=O) groups is 3. The topological polar surface area (TPSA) is 108 Å². The largest absolute Gasteiger partial charge is 0.481 e. The second-order valence-corrected chi connectivity index (χ2v) is 11.5. The summed E-state index contributed by atoms with van der Waals surface area (Å²) in [6.45, 7) is 2.03. The molecule has 0 spiro atoms. The van der Waals surface area contributed by atoms with E-state index in [2.05, 4.69) is 24.0 Å². The lowest BCUT2D eigenvalue weighted by molar-refractivity contribution is -0.142. The summed E-state index contributed by atoms with van der Waals surface area (Å²) in [6, 6.07) is 8.22. The molecule has 2 N–H and O–H groups in total. The zero-order valence-electron chi connectivity index (χ0n) is 17.3. The van der Waals surface area contributed by atoms with E-state index in [1.54, 1.807) is 11.8 Å². The molecule has 3 fully saturated rings. The maximum atomic E-state index is 13.3. The van der Waals surface area contributed by atoms with Crippen molar-refractivity contribution in [3.8, 4) is 0 Å². The molecule has 0 radical (unpaired) electrons. The van der Waals surface area contributed by atoms with E-state index in [9.17, 15) is 19.2 Å². The maximum absolute atomic E-state index is 13.3. The van der Waals surface area contributed by atoms with E-state index in [1.165, 1.54) is 21.8 Å². The Morgan fingerprint density at radius 1 is 1.16 bits per heavy atom. The van der Waals surface area contributed by atoms with E-state index in [0.29, 0.717) is 0 Å². The molecular formula is C23H22N2O5S2. The quantitative estimate of drug-likeness (QED) is 0.666. The van der Waals surface area contributed by atoms with Gasteiger partial charge in [0, 0.05) is 22.6 Å². The van der Waals surface area contributed by atoms with Crippen LogP contribution in [0.1, 0.15) is 34.8 Å². The highest BCUT2D eigenvalue weighted by Crippen LogP contribution is 2.68. The van der Waals surface area contributed by atoms with E-state index in [0.717, 1.165) is 21.9 Å². The van der Waals surface area contributed by atoms with Gasteiger partial charge in [-0.3, -0.25) is 24.1 Å². The lowest BCUT2D eigenvalue weighted by Crippen LogP contribution is -2.42. The van der Waals surface area contributed by atoms with Gasteiger partial charge in [-0.1, -0.05) is 35.6 Å². The van der Waals surface area contributed by atoms with Crippen LogP contribution in [0.4, 0.5) is 0 Å². The Morgan fingerprint density at radius 3 is 2.59 bits per heavy atom. The number of thioether (sulfide) groups is 1. The number of amides is 2. The first-order valence-electron chi connectivity index (χ1n) is 10.9. The highest BCUT2D eigenvalue weighted by molar-refractivity contribution is 8.00. The third-order valence-electron chi connectivity index (χ3n) is 7.89. The summed E-state index contributed by atoms with van der Waals surface area (Å²) in [6.07, 6.45) is 0.613. The first-order chi connectivity index (χ1) is 15.4. The van der Waals surface area contributed by atoms with E-state index < -0.39 is 5.97 Å². The number of aliphatic carboxylic acids is 1. The molecule has 4 aliphatic rings. The van der Waals surface area contributed by atoms with Crippen molar-refractivity contribution in [1.82, 2.24) is 9.88 Å². The molecule has 32 heavy (non-hydrogen) atoms. The fourth-order valence-electron chi connectivity index (χ4n) is 6.79. The minimum absolute atomic E-state index is 0.0216. The number of aromatic amines is 1. The fraction of sp³-hybridized carbons (Fsp3) is 0.478. The van der Waals surface area contributed by atoms with Crippen LogP contribution in [-0.4, -0.2) is 44.6 Å². The fourth-order valence-corrected chi connectivity index (χ4v) is 9.67. The number of carbonyl (C=O) groups excluding carboxylic acids is 2. The van der Waals surface area contributed by atoms with Crippen molar-refractivity contribution < 1.29 is 19.5 Å². The van der Waals surface area contributed by atoms with Crippen LogP contribution < -0.4 is 4.87 Å². The first kappa shape index (κ1) is 20.2. The number of thiazole rings is 1. The number of aromatic nitrogens is 1. The monoisotopic (exact) mass is 470 g/mol. The van der Waals surface area contributed by atoms with Crippen molar-refractivity contribution >= 4 is 40.9 Å². The second kappa shape index (κ2) is 7.05. The SMILES string of the molecule is Cc1ccccc1[C@H]1c2sc(=O)[nH]c2S[C@@H]2[C@H]3C[C@@H]([C@@H]4C(=O)N(CCC(=O)O)C(=O)[C@H]34)[C@H]12. The molecule has 2 saturated carbocycles. The molecule has 2 aliphatic heterocycles. The number of rotatable bonds is 4. The number of hydrogen-bond acceptors (Lipinski definition) is 6. The third kappa shape index (κ3) is 2.67. The Hall–Kier alpha value is -2.39. The predicted molar refractivity (Wildman–Crippen MR) is 119 cm³/mol. The number of hydrogen-bond donors (Lipinski definition) is 2. The van der Waals surface area contributed by atoms with Gasteiger partial charge in [0.05, 0.1) is 23.3 Å². The van der Waals surface area contributed by atoms with Crippen molar-refractivity contribution in [2.24, 2.45) is 29.6 Å². The molecule has 2 amide bonds. The van der Waals surface area contributed by atoms with E-state index in [1.807, 2.05) is 12.1 Å². The Bertz CT molecular complexity index is 1220. The molecule has 1 saturated heterocycles. The van der Waals surface area contributed by atoms with Crippen molar-refractivity contribution in [3.63, 3.8) is 0 Å². The molecule has 2 aromatic rings. The van der Waals surface area contributed by atoms with Crippen LogP contribution >= 0.6 is 23.1 Å². The number of aryl methyl sites for hydroxylation is 1. The molecule has 7 nitrogen and oxygen atoms in total. The van der Waals surface area contributed by atoms with Crippen LogP contribution in [0.25, 0.3) is 0 Å². The van der Waals surface area contributed by atoms with Crippen LogP contribution in [0, 0.1) is 36.5 Å². The molecule has 6 rings (SSSR count). The number of imide groups is 1. The summed E-state index contributed by atoms with van der Waals surface area (Å²) >= 11 is 2.92. The van der Waals surface area contributed by atoms with Crippen LogP contribution in [-0.2, 0) is 14.4 Å². The van der Waals surface area contributed by atoms with Crippen molar-refractivity contribution in [2.45, 2.75) is 36.0 Å². The smallest absolute Gasteiger partial charge is 0.305 e. The summed E-state index contributed by atoms with van der Waals surface area (Å²) in [5.74, 6) is -1.83. The summed E-state index contributed by atoms with van der Waals surface area (Å²) in [5.41, 5.74) is 2.34. The number of benzene rings is 1. The summed E-state index contributed by atoms with van der Waals surface area (Å²) in [7, 11) is 0. The standard InChI is InChI=1S/C23H22N2O5S2/c1-9-4-2-3-5-10(9)14-15-11-8-12(18(15)31-20-19(14)32-23(30)24-20)17-16(11)21(28)25(22(17)29)7-6-13(26)27/h2-5,11-12,14-18H,6-8H2,1H3,(H,24,30)(H,26,27)/t11-,12+,14-,15-,16+,17-,18-/m1/s1. The molecule has 0 unspecified atom stereocenters. The van der Waals surface area contributed by atoms with Crippen molar-refractivity contribution in [2.75, 3.05) is 6.54 Å². The Kier molecular flexibility index (Phi) is 4.46. The number of carboxylic acids is 1. The maximum Gasteiger partial charge on any atom is 0.305 e. The number of nitrogens with zero attached hydrogens (tertiary/aromatic N) is 1. The summed E-state index contributed by atoms with van der Waals surface area (Å²) in [5, 5.41) is 10.1. The van der Waals surface area contributed by atoms with Gasteiger partial charge in [-0.15, -0.1) is 11.8 Å². The highest BCUT2D eigenvalue weighted by Gasteiger charge is 2.69. The van der Waals surface area contributed by atoms with E-state index in [4.69, 9.17) is 5.11 Å². The Balaban J connectivity index is 1.43. The zero-order valence-corrected chi connectivity index (χ0v) is 18.9. The highest BCUT2D eigenvalue weighted by atomic mass is 32.2. The van der Waals surface area contributed by atoms with Crippen molar-refractivity contribution in [3.05, 3.63) is 49.9 Å². The number of fused-ring (bicyclic) bond motifs is 9. The lowest BCUT2D eigenvalue weighted by atomic mass is 9.67. The average molecular weight is 471 g/mol. The third-order valence-corrected chi connectivity index (χ3v) is 10.5. The molecule has 2 aliphatic carbocycles. The molecule has 9 heteroatoms. The molecular weight excluding hydrogens is 448 g/mol. The van der Waals surface area contributed by atoms with Crippen LogP contribution in [0.15, 0.2) is 34.1 Å². The van der Waals surface area contributed by atoms with Gasteiger partial charge in [0.1, 0.15) is 0 Å². The van der Waals surface area contributed by atoms with Crippen LogP contribution in [0.2, 0.25) is 0 Å². The van der Waals surface area contributed by atoms with Gasteiger partial charge in [-0.05, 0) is 42.2 Å². The minimum Gasteiger partial charge on any atom is -0.481 e. The van der Waals surface area contributed by atoms with Crippen LogP contribution in [0.5, 0.6) is 0 Å². The number of nitrogens with one attached hydrogen (secondary N) is 1. The van der Waals surface area contributed by atoms with E-state index in [-0.39, 0.29) is 70.4 Å². The summed E-state index contributed by atoms with van der Waals surface area (Å²) < 4.78 is 0. The number of H-pyrrole nitrogens is 1. The average Bonchev–Trinajstić information content (AvgIpc) is 3.46. The normalized spacial score (nSPS) is 34.5. The van der Waals surface area contributed by atoms with Gasteiger partial charge in [0.15, 0.2) is 0 Å². The van der Waals surface area contributed by atoms with Gasteiger partial charge in [0.2, 0.25) is 11.8 Å². The number of likely N-dealkylation sites (tertiary alicyclic amines) is 1. The van der Waals surface area contributed by atoms with E-state index >= 15 is 0 Å². The van der Waals surface area contributed by atoms with Gasteiger partial charge >= 0.3 is 10.8 Å². The van der Waals surface area contributed by atoms with Crippen LogP contribution in [0.3, 0.4) is 0 Å². The molecule has 166 valence electrons. The molecule has 1 aromatic heterocycles. The molecule has 1 aromatic carbocycles. The predicted octanol–water partition coefficient (Wildman–Crippen LogP) is 2.69. The van der Waals surface area contributed by atoms with Gasteiger partial charge in [-0.2, -0.15) is 0 Å². The Morgan fingerprint density at radius 2 is 1.88 bits per heavy atom. The van der Waals surface area contributed by atoms with Gasteiger partial charge in [0.25, 0.3) is 0 Å². The van der Waals surface area contributed by atoms with Crippen molar-refractivity contribution in [1.29, 1.82) is 0 Å². The molecule has 3 heterocycles. The lowest BCUT2D eigenvalue weighted by Gasteiger charge is -2.43. The van der Waals surface area contributed by atoms with Gasteiger partial charge < -0.3 is 10.1 Å². The molecule has 2 bridgehead atoms. The molecule has 7 atom stereocenters. The van der Waals surface area contributed by atoms with Gasteiger partial charge in [-0.25, -0.2) is 0 Å². The first-order valence-corrected chi connectivity index (χ1v) is 12.6. The summed E-state index contributed by atoms with van der Waals surface area (Å²) in [4.78, 5) is 55.0. The minimum atomic E-state index is -1.01. The number of carboxylic acid groups (broad SMARTS) is 1. The second-order valence-electron chi connectivity index (χ2n) is 9.29. The Labute approximate surface area is 192 Å².